The Hall–Kier alpha value is -2.14. The van der Waals surface area contributed by atoms with Crippen molar-refractivity contribution >= 4 is 0 Å². The monoisotopic (exact) mass is 260 g/mol. The highest BCUT2D eigenvalue weighted by Crippen LogP contribution is 2.02. The minimum Gasteiger partial charge on any atom is -0.356 e. The van der Waals surface area contributed by atoms with Crippen molar-refractivity contribution in [3.05, 3.63) is 68.0 Å². The van der Waals surface area contributed by atoms with Crippen molar-refractivity contribution in [1.29, 1.82) is 0 Å². The molecule has 0 saturated carbocycles. The van der Waals surface area contributed by atoms with Gasteiger partial charge in [0, 0.05) is 11.3 Å². The first-order valence-electron chi connectivity index (χ1n) is 6.01. The van der Waals surface area contributed by atoms with Crippen LogP contribution in [0, 0.1) is 13.8 Å². The molecule has 5 nitrogen and oxygen atoms in total. The van der Waals surface area contributed by atoms with E-state index in [1.807, 2.05) is 30.3 Å². The van der Waals surface area contributed by atoms with Gasteiger partial charge in [-0.1, -0.05) is 30.3 Å². The van der Waals surface area contributed by atoms with Gasteiger partial charge in [-0.3, -0.25) is 14.3 Å². The molecule has 0 aliphatic carbocycles. The molecule has 100 valence electrons. The third-order valence-corrected chi connectivity index (χ3v) is 3.09. The van der Waals surface area contributed by atoms with Crippen LogP contribution in [0.5, 0.6) is 0 Å². The van der Waals surface area contributed by atoms with Gasteiger partial charge in [0.25, 0.3) is 5.56 Å². The lowest BCUT2D eigenvalue weighted by atomic mass is 10.2. The zero-order chi connectivity index (χ0) is 13.8. The average molecular weight is 260 g/mol. The van der Waals surface area contributed by atoms with Crippen molar-refractivity contribution < 1.29 is 4.74 Å². The number of rotatable bonds is 4. The lowest BCUT2D eigenvalue weighted by Gasteiger charge is -2.11. The lowest BCUT2D eigenvalue weighted by Crippen LogP contribution is -2.34. The van der Waals surface area contributed by atoms with Gasteiger partial charge in [0.2, 0.25) is 0 Å². The molecule has 1 aromatic carbocycles. The lowest BCUT2D eigenvalue weighted by molar-refractivity contribution is 0.0593. The topological polar surface area (TPSA) is 64.1 Å². The summed E-state index contributed by atoms with van der Waals surface area (Å²) < 4.78 is 6.92. The van der Waals surface area contributed by atoms with Crippen molar-refractivity contribution in [2.24, 2.45) is 0 Å². The number of ether oxygens (including phenoxy) is 1. The molecule has 1 aromatic heterocycles. The van der Waals surface area contributed by atoms with Crippen LogP contribution in [-0.2, 0) is 18.1 Å². The van der Waals surface area contributed by atoms with Crippen molar-refractivity contribution in [3.63, 3.8) is 0 Å². The highest BCUT2D eigenvalue weighted by molar-refractivity contribution is 5.14. The van der Waals surface area contributed by atoms with Crippen molar-refractivity contribution in [1.82, 2.24) is 9.55 Å². The van der Waals surface area contributed by atoms with E-state index in [1.54, 1.807) is 13.8 Å². The Balaban J connectivity index is 2.11. The molecule has 2 rings (SSSR count). The maximum absolute atomic E-state index is 11.7. The van der Waals surface area contributed by atoms with Gasteiger partial charge >= 0.3 is 5.69 Å². The van der Waals surface area contributed by atoms with Crippen LogP contribution in [0.2, 0.25) is 0 Å². The summed E-state index contributed by atoms with van der Waals surface area (Å²) >= 11 is 0. The molecule has 0 unspecified atom stereocenters. The number of nitrogens with zero attached hydrogens (tertiary/aromatic N) is 1. The molecular formula is C14H16N2O3. The van der Waals surface area contributed by atoms with Gasteiger partial charge in [0.05, 0.1) is 6.61 Å². The molecule has 0 fully saturated rings. The summed E-state index contributed by atoms with van der Waals surface area (Å²) in [6, 6.07) is 9.70. The van der Waals surface area contributed by atoms with E-state index in [4.69, 9.17) is 4.74 Å². The summed E-state index contributed by atoms with van der Waals surface area (Å²) in [6.45, 7) is 3.96. The predicted molar refractivity (Wildman–Crippen MR) is 72.0 cm³/mol. The molecular weight excluding hydrogens is 244 g/mol. The summed E-state index contributed by atoms with van der Waals surface area (Å²) in [4.78, 5) is 25.3. The maximum atomic E-state index is 11.7. The summed E-state index contributed by atoms with van der Waals surface area (Å²) in [5.41, 5.74) is 1.40. The molecule has 0 saturated heterocycles. The average Bonchev–Trinajstić information content (AvgIpc) is 2.41. The standard InChI is InChI=1S/C14H16N2O3/c1-10-11(2)16(14(18)15-13(10)17)9-19-8-12-6-4-3-5-7-12/h3-7H,8-9H2,1-2H3,(H,15,17,18). The largest absolute Gasteiger partial charge is 0.356 e. The van der Waals surface area contributed by atoms with E-state index in [0.29, 0.717) is 17.9 Å². The second-order valence-electron chi connectivity index (χ2n) is 4.36. The highest BCUT2D eigenvalue weighted by Gasteiger charge is 2.07. The van der Waals surface area contributed by atoms with Crippen LogP contribution in [-0.4, -0.2) is 9.55 Å². The molecule has 1 heterocycles. The van der Waals surface area contributed by atoms with Crippen LogP contribution in [0.4, 0.5) is 0 Å². The normalized spacial score (nSPS) is 10.6. The number of hydrogen-bond donors (Lipinski definition) is 1. The molecule has 2 aromatic rings. The number of nitrogens with one attached hydrogen (secondary N) is 1. The Kier molecular flexibility index (Phi) is 3.97. The summed E-state index contributed by atoms with van der Waals surface area (Å²) in [5, 5.41) is 0. The molecule has 0 spiro atoms. The third kappa shape index (κ3) is 3.00. The fourth-order valence-electron chi connectivity index (χ4n) is 1.76. The number of H-pyrrole nitrogens is 1. The van der Waals surface area contributed by atoms with Crippen LogP contribution in [0.3, 0.4) is 0 Å². The highest BCUT2D eigenvalue weighted by atomic mass is 16.5. The van der Waals surface area contributed by atoms with Crippen LogP contribution in [0.25, 0.3) is 0 Å². The summed E-state index contributed by atoms with van der Waals surface area (Å²) in [7, 11) is 0. The van der Waals surface area contributed by atoms with Crippen LogP contribution in [0.15, 0.2) is 39.9 Å². The van der Waals surface area contributed by atoms with Gasteiger partial charge in [0.1, 0.15) is 6.73 Å². The molecule has 0 radical (unpaired) electrons. The Bertz CT molecular complexity index is 671. The molecule has 0 amide bonds. The Labute approximate surface area is 110 Å². The Morgan fingerprint density at radius 1 is 1.16 bits per heavy atom. The van der Waals surface area contributed by atoms with Gasteiger partial charge in [-0.15, -0.1) is 0 Å². The SMILES string of the molecule is Cc1c(C)n(COCc2ccccc2)c(=O)[nH]c1=O. The molecule has 0 atom stereocenters. The zero-order valence-electron chi connectivity index (χ0n) is 11.0. The molecule has 0 aliphatic rings. The molecule has 1 N–H and O–H groups in total. The smallest absolute Gasteiger partial charge is 0.330 e. The van der Waals surface area contributed by atoms with E-state index in [2.05, 4.69) is 4.98 Å². The number of benzene rings is 1. The number of aromatic amines is 1. The fraction of sp³-hybridized carbons (Fsp3) is 0.286. The van der Waals surface area contributed by atoms with Gasteiger partial charge < -0.3 is 4.74 Å². The fourth-order valence-corrected chi connectivity index (χ4v) is 1.76. The van der Waals surface area contributed by atoms with Crippen molar-refractivity contribution in [3.8, 4) is 0 Å². The van der Waals surface area contributed by atoms with E-state index in [-0.39, 0.29) is 12.3 Å². The van der Waals surface area contributed by atoms with Gasteiger partial charge in [-0.05, 0) is 19.4 Å². The molecule has 5 heteroatoms. The van der Waals surface area contributed by atoms with E-state index < -0.39 is 5.69 Å². The van der Waals surface area contributed by atoms with E-state index in [0.717, 1.165) is 5.56 Å². The Morgan fingerprint density at radius 2 is 1.84 bits per heavy atom. The van der Waals surface area contributed by atoms with E-state index >= 15 is 0 Å². The Morgan fingerprint density at radius 3 is 2.53 bits per heavy atom. The predicted octanol–water partition coefficient (Wildman–Crippen LogP) is 1.33. The van der Waals surface area contributed by atoms with Gasteiger partial charge in [-0.2, -0.15) is 0 Å². The summed E-state index contributed by atoms with van der Waals surface area (Å²) in [6.07, 6.45) is 0. The molecule has 0 bridgehead atoms. The first-order chi connectivity index (χ1) is 9.09. The third-order valence-electron chi connectivity index (χ3n) is 3.09. The van der Waals surface area contributed by atoms with Crippen molar-refractivity contribution in [2.75, 3.05) is 0 Å². The number of hydrogen-bond acceptors (Lipinski definition) is 3. The minimum absolute atomic E-state index is 0.122. The first-order valence-corrected chi connectivity index (χ1v) is 6.01. The van der Waals surface area contributed by atoms with Crippen LogP contribution < -0.4 is 11.2 Å². The second-order valence-corrected chi connectivity index (χ2v) is 4.36. The second kappa shape index (κ2) is 5.67. The van der Waals surface area contributed by atoms with Gasteiger partial charge in [0.15, 0.2) is 0 Å². The van der Waals surface area contributed by atoms with Crippen molar-refractivity contribution in [2.45, 2.75) is 27.2 Å². The molecule has 0 aliphatic heterocycles. The first kappa shape index (κ1) is 13.3. The van der Waals surface area contributed by atoms with E-state index in [9.17, 15) is 9.59 Å². The van der Waals surface area contributed by atoms with E-state index in [1.165, 1.54) is 4.57 Å². The number of aromatic nitrogens is 2. The van der Waals surface area contributed by atoms with Crippen LogP contribution in [0.1, 0.15) is 16.8 Å². The maximum Gasteiger partial charge on any atom is 0.330 e. The zero-order valence-corrected chi connectivity index (χ0v) is 11.0. The van der Waals surface area contributed by atoms with Crippen LogP contribution >= 0.6 is 0 Å². The van der Waals surface area contributed by atoms with Gasteiger partial charge in [-0.25, -0.2) is 4.79 Å². The quantitative estimate of drug-likeness (QED) is 0.902. The minimum atomic E-state index is -0.443. The molecule has 19 heavy (non-hydrogen) atoms. The summed E-state index contributed by atoms with van der Waals surface area (Å²) in [5.74, 6) is 0.